The molecular weight excluding hydrogens is 267 g/mol. The number of aliphatic hydroxyl groups excluding tert-OH is 1. The van der Waals surface area contributed by atoms with Gasteiger partial charge in [0.25, 0.3) is 0 Å². The lowest BCUT2D eigenvalue weighted by molar-refractivity contribution is 0.190. The lowest BCUT2D eigenvalue weighted by atomic mass is 9.87. The Morgan fingerprint density at radius 3 is 2.19 bits per heavy atom. The van der Waals surface area contributed by atoms with Crippen molar-refractivity contribution in [1.29, 1.82) is 0 Å². The second-order valence-corrected chi connectivity index (χ2v) is 6.20. The van der Waals surface area contributed by atoms with E-state index in [9.17, 15) is 9.50 Å². The van der Waals surface area contributed by atoms with Crippen molar-refractivity contribution in [3.05, 3.63) is 59.4 Å². The van der Waals surface area contributed by atoms with E-state index in [0.717, 1.165) is 0 Å². The van der Waals surface area contributed by atoms with Gasteiger partial charge in [0, 0.05) is 0 Å². The zero-order valence-electron chi connectivity index (χ0n) is 12.9. The van der Waals surface area contributed by atoms with Gasteiger partial charge < -0.3 is 9.84 Å². The minimum atomic E-state index is -0.921. The Hall–Kier alpha value is -1.87. The molecule has 0 spiro atoms. The molecule has 0 heterocycles. The molecule has 0 aromatic heterocycles. The molecule has 0 saturated heterocycles. The van der Waals surface area contributed by atoms with Gasteiger partial charge in [-0.2, -0.15) is 0 Å². The minimum Gasteiger partial charge on any atom is -0.457 e. The molecule has 2 aromatic carbocycles. The fraction of sp³-hybridized carbons (Fsp3) is 0.333. The van der Waals surface area contributed by atoms with Crippen LogP contribution in [0.5, 0.6) is 11.5 Å². The van der Waals surface area contributed by atoms with Gasteiger partial charge in [0.05, 0.1) is 11.7 Å². The Kier molecular flexibility index (Phi) is 4.33. The molecule has 0 amide bonds. The summed E-state index contributed by atoms with van der Waals surface area (Å²) in [6, 6.07) is 12.3. The average molecular weight is 288 g/mol. The molecule has 0 unspecified atom stereocenters. The second kappa shape index (κ2) is 5.86. The van der Waals surface area contributed by atoms with E-state index in [1.807, 2.05) is 24.3 Å². The molecule has 2 aromatic rings. The molecule has 0 radical (unpaired) electrons. The number of halogens is 1. The normalized spacial score (nSPS) is 13.0. The van der Waals surface area contributed by atoms with Crippen molar-refractivity contribution in [3.8, 4) is 11.5 Å². The van der Waals surface area contributed by atoms with Crippen LogP contribution in [-0.4, -0.2) is 5.11 Å². The highest BCUT2D eigenvalue weighted by Crippen LogP contribution is 2.32. The third-order valence-electron chi connectivity index (χ3n) is 3.38. The summed E-state index contributed by atoms with van der Waals surface area (Å²) in [6.45, 7) is 7.94. The first-order chi connectivity index (χ1) is 9.79. The Balaban J connectivity index is 2.29. The van der Waals surface area contributed by atoms with Crippen molar-refractivity contribution in [2.24, 2.45) is 0 Å². The maximum absolute atomic E-state index is 13.8. The molecule has 21 heavy (non-hydrogen) atoms. The van der Waals surface area contributed by atoms with Crippen LogP contribution in [-0.2, 0) is 5.41 Å². The molecule has 0 saturated carbocycles. The van der Waals surface area contributed by atoms with Crippen LogP contribution in [0.3, 0.4) is 0 Å². The third-order valence-corrected chi connectivity index (χ3v) is 3.38. The second-order valence-electron chi connectivity index (χ2n) is 6.20. The van der Waals surface area contributed by atoms with Crippen LogP contribution in [0, 0.1) is 5.82 Å². The molecular formula is C18H21FO2. The zero-order chi connectivity index (χ0) is 15.6. The van der Waals surface area contributed by atoms with Crippen molar-refractivity contribution >= 4 is 0 Å². The number of rotatable bonds is 3. The Morgan fingerprint density at radius 1 is 1.05 bits per heavy atom. The van der Waals surface area contributed by atoms with Crippen molar-refractivity contribution in [1.82, 2.24) is 0 Å². The molecule has 0 aliphatic heterocycles. The van der Waals surface area contributed by atoms with Gasteiger partial charge in [-0.05, 0) is 42.2 Å². The summed E-state index contributed by atoms with van der Waals surface area (Å²) in [6.07, 6.45) is -0.921. The van der Waals surface area contributed by atoms with E-state index in [0.29, 0.717) is 11.5 Å². The summed E-state index contributed by atoms with van der Waals surface area (Å²) in [4.78, 5) is 0. The molecule has 0 fully saturated rings. The Bertz CT molecular complexity index is 610. The predicted molar refractivity (Wildman–Crippen MR) is 82.2 cm³/mol. The first-order valence-electron chi connectivity index (χ1n) is 7.04. The number of hydrogen-bond acceptors (Lipinski definition) is 2. The van der Waals surface area contributed by atoms with E-state index >= 15 is 0 Å². The highest BCUT2D eigenvalue weighted by atomic mass is 19.1. The Labute approximate surface area is 125 Å². The summed E-state index contributed by atoms with van der Waals surface area (Å²) < 4.78 is 19.5. The van der Waals surface area contributed by atoms with Crippen LogP contribution >= 0.6 is 0 Å². The van der Waals surface area contributed by atoms with E-state index in [1.165, 1.54) is 18.6 Å². The molecule has 112 valence electrons. The summed E-state index contributed by atoms with van der Waals surface area (Å²) in [5.74, 6) is 0.498. The number of hydrogen-bond donors (Lipinski definition) is 1. The predicted octanol–water partition coefficient (Wildman–Crippen LogP) is 4.97. The molecule has 0 bridgehead atoms. The van der Waals surface area contributed by atoms with Gasteiger partial charge in [0.1, 0.15) is 17.3 Å². The molecule has 2 rings (SSSR count). The summed E-state index contributed by atoms with van der Waals surface area (Å²) in [5, 5.41) is 9.69. The first kappa shape index (κ1) is 15.5. The van der Waals surface area contributed by atoms with E-state index in [-0.39, 0.29) is 11.0 Å². The van der Waals surface area contributed by atoms with Gasteiger partial charge >= 0.3 is 0 Å². The molecule has 1 atom stereocenters. The number of benzene rings is 2. The zero-order valence-corrected chi connectivity index (χ0v) is 12.9. The van der Waals surface area contributed by atoms with Crippen molar-refractivity contribution in [2.45, 2.75) is 39.2 Å². The summed E-state index contributed by atoms with van der Waals surface area (Å²) >= 11 is 0. The average Bonchev–Trinajstić information content (AvgIpc) is 2.38. The largest absolute Gasteiger partial charge is 0.457 e. The molecule has 0 aliphatic rings. The molecule has 3 heteroatoms. The maximum atomic E-state index is 13.8. The van der Waals surface area contributed by atoms with Crippen LogP contribution in [0.1, 0.15) is 44.9 Å². The number of ether oxygens (including phenoxy) is 1. The van der Waals surface area contributed by atoms with E-state index in [1.54, 1.807) is 12.1 Å². The lowest BCUT2D eigenvalue weighted by Gasteiger charge is -2.19. The highest BCUT2D eigenvalue weighted by molar-refractivity contribution is 5.41. The van der Waals surface area contributed by atoms with Gasteiger partial charge in [0.15, 0.2) is 0 Å². The van der Waals surface area contributed by atoms with Gasteiger partial charge in [-0.3, -0.25) is 0 Å². The standard InChI is InChI=1S/C18H21FO2/c1-12(20)17-15(19)6-5-7-16(17)21-14-10-8-13(9-11-14)18(2,3)4/h5-12,20H,1-4H3/t12-/m0/s1. The Morgan fingerprint density at radius 2 is 1.67 bits per heavy atom. The van der Waals surface area contributed by atoms with Crippen molar-refractivity contribution < 1.29 is 14.2 Å². The maximum Gasteiger partial charge on any atom is 0.136 e. The van der Waals surface area contributed by atoms with Gasteiger partial charge in [-0.25, -0.2) is 4.39 Å². The van der Waals surface area contributed by atoms with E-state index < -0.39 is 11.9 Å². The highest BCUT2D eigenvalue weighted by Gasteiger charge is 2.16. The first-order valence-corrected chi connectivity index (χ1v) is 7.04. The lowest BCUT2D eigenvalue weighted by Crippen LogP contribution is -2.10. The fourth-order valence-corrected chi connectivity index (χ4v) is 2.16. The number of aliphatic hydroxyl groups is 1. The van der Waals surface area contributed by atoms with Crippen LogP contribution < -0.4 is 4.74 Å². The monoisotopic (exact) mass is 288 g/mol. The van der Waals surface area contributed by atoms with Crippen LogP contribution in [0.2, 0.25) is 0 Å². The molecule has 1 N–H and O–H groups in total. The fourth-order valence-electron chi connectivity index (χ4n) is 2.16. The smallest absolute Gasteiger partial charge is 0.136 e. The van der Waals surface area contributed by atoms with Crippen LogP contribution in [0.25, 0.3) is 0 Å². The third kappa shape index (κ3) is 3.61. The molecule has 0 aliphatic carbocycles. The van der Waals surface area contributed by atoms with Gasteiger partial charge in [0.2, 0.25) is 0 Å². The van der Waals surface area contributed by atoms with Gasteiger partial charge in [-0.15, -0.1) is 0 Å². The quantitative estimate of drug-likeness (QED) is 0.864. The van der Waals surface area contributed by atoms with Crippen LogP contribution in [0.4, 0.5) is 4.39 Å². The van der Waals surface area contributed by atoms with Crippen LogP contribution in [0.15, 0.2) is 42.5 Å². The van der Waals surface area contributed by atoms with Gasteiger partial charge in [-0.1, -0.05) is 39.0 Å². The van der Waals surface area contributed by atoms with E-state index in [4.69, 9.17) is 4.74 Å². The molecule has 2 nitrogen and oxygen atoms in total. The van der Waals surface area contributed by atoms with Crippen molar-refractivity contribution in [2.75, 3.05) is 0 Å². The topological polar surface area (TPSA) is 29.5 Å². The van der Waals surface area contributed by atoms with E-state index in [2.05, 4.69) is 20.8 Å². The summed E-state index contributed by atoms with van der Waals surface area (Å²) in [5.41, 5.74) is 1.45. The summed E-state index contributed by atoms with van der Waals surface area (Å²) in [7, 11) is 0. The SMILES string of the molecule is C[C@H](O)c1c(F)cccc1Oc1ccc(C(C)(C)C)cc1. The van der Waals surface area contributed by atoms with Crippen molar-refractivity contribution in [3.63, 3.8) is 0 Å². The minimum absolute atomic E-state index is 0.0716.